The molecule has 3 amide bonds. The summed E-state index contributed by atoms with van der Waals surface area (Å²) in [7, 11) is 1.43. The summed E-state index contributed by atoms with van der Waals surface area (Å²) in [5, 5.41) is 2.76. The quantitative estimate of drug-likeness (QED) is 0.548. The van der Waals surface area contributed by atoms with Crippen LogP contribution >= 0.6 is 0 Å². The van der Waals surface area contributed by atoms with E-state index in [0.717, 1.165) is 0 Å². The third-order valence-electron chi connectivity index (χ3n) is 5.58. The van der Waals surface area contributed by atoms with Gasteiger partial charge in [-0.1, -0.05) is 20.8 Å². The van der Waals surface area contributed by atoms with Gasteiger partial charge in [0.1, 0.15) is 18.7 Å². The molecule has 1 aliphatic rings. The largest absolute Gasteiger partial charge is 0.367 e. The van der Waals surface area contributed by atoms with Gasteiger partial charge in [-0.05, 0) is 30.7 Å². The van der Waals surface area contributed by atoms with Crippen LogP contribution < -0.4 is 11.1 Å². The molecule has 0 spiro atoms. The van der Waals surface area contributed by atoms with Gasteiger partial charge in [0.15, 0.2) is 11.9 Å². The maximum atomic E-state index is 13.2. The van der Waals surface area contributed by atoms with E-state index in [1.807, 2.05) is 0 Å². The van der Waals surface area contributed by atoms with Crippen LogP contribution in [0.4, 0.5) is 0 Å². The lowest BCUT2D eigenvalue weighted by Crippen LogP contribution is -2.56. The lowest BCUT2D eigenvalue weighted by atomic mass is 9.91. The summed E-state index contributed by atoms with van der Waals surface area (Å²) in [5.41, 5.74) is 5.71. The molecule has 0 aromatic carbocycles. The summed E-state index contributed by atoms with van der Waals surface area (Å²) in [4.78, 5) is 53.5. The Labute approximate surface area is 170 Å². The summed E-state index contributed by atoms with van der Waals surface area (Å²) in [6.45, 7) is 6.00. The van der Waals surface area contributed by atoms with Crippen molar-refractivity contribution >= 4 is 23.5 Å². The second-order valence-electron chi connectivity index (χ2n) is 7.92. The number of carbonyl (C=O) groups is 4. The highest BCUT2D eigenvalue weighted by Gasteiger charge is 2.45. The first-order chi connectivity index (χ1) is 13.6. The van der Waals surface area contributed by atoms with Gasteiger partial charge >= 0.3 is 0 Å². The van der Waals surface area contributed by atoms with Gasteiger partial charge in [0.25, 0.3) is 5.91 Å². The highest BCUT2D eigenvalue weighted by molar-refractivity contribution is 6.00. The number of primary amides is 1. The summed E-state index contributed by atoms with van der Waals surface area (Å²) in [6, 6.07) is -0.325. The van der Waals surface area contributed by atoms with Gasteiger partial charge in [-0.3, -0.25) is 19.2 Å². The molecule has 1 saturated heterocycles. The highest BCUT2D eigenvalue weighted by Crippen LogP contribution is 2.21. The minimum Gasteiger partial charge on any atom is -0.367 e. The number of aromatic amines is 1. The summed E-state index contributed by atoms with van der Waals surface area (Å²) in [5.74, 6) is -1.28. The van der Waals surface area contributed by atoms with Crippen molar-refractivity contribution < 1.29 is 23.9 Å². The van der Waals surface area contributed by atoms with Crippen molar-refractivity contribution in [2.45, 2.75) is 51.8 Å². The van der Waals surface area contributed by atoms with Crippen LogP contribution in [0.2, 0.25) is 0 Å². The number of Topliss-reactive ketones (excluding diaryl/α,β-unsaturated/α-hetero) is 1. The zero-order valence-electron chi connectivity index (χ0n) is 17.3. The van der Waals surface area contributed by atoms with Crippen molar-refractivity contribution in [3.05, 3.63) is 24.0 Å². The van der Waals surface area contributed by atoms with E-state index in [2.05, 4.69) is 31.1 Å². The molecule has 0 saturated carbocycles. The number of nitrogens with one attached hydrogen (secondary N) is 2. The fourth-order valence-corrected chi connectivity index (χ4v) is 3.28. The lowest BCUT2D eigenvalue weighted by molar-refractivity contribution is -0.141. The SMILES string of the molecule is CC(C)C(C)CCC(NC(=O)c1cc[nH]c1)C(=O)N(C)C1C(=O)COC1C(N)=O. The fraction of sp³-hybridized carbons (Fsp3) is 0.600. The molecule has 4 unspecified atom stereocenters. The molecular weight excluding hydrogens is 376 g/mol. The first-order valence-electron chi connectivity index (χ1n) is 9.77. The zero-order valence-corrected chi connectivity index (χ0v) is 17.3. The molecule has 9 heteroatoms. The van der Waals surface area contributed by atoms with Crippen LogP contribution in [0.5, 0.6) is 0 Å². The Morgan fingerprint density at radius 2 is 2.00 bits per heavy atom. The first-order valence-corrected chi connectivity index (χ1v) is 9.77. The smallest absolute Gasteiger partial charge is 0.253 e. The van der Waals surface area contributed by atoms with Gasteiger partial charge in [-0.2, -0.15) is 0 Å². The van der Waals surface area contributed by atoms with Crippen molar-refractivity contribution in [3.63, 3.8) is 0 Å². The fourth-order valence-electron chi connectivity index (χ4n) is 3.28. The maximum Gasteiger partial charge on any atom is 0.253 e. The van der Waals surface area contributed by atoms with Crippen LogP contribution in [-0.2, 0) is 19.1 Å². The molecule has 4 N–H and O–H groups in total. The average molecular weight is 406 g/mol. The molecule has 0 bridgehead atoms. The van der Waals surface area contributed by atoms with E-state index in [9.17, 15) is 19.2 Å². The Kier molecular flexibility index (Phi) is 7.55. The molecule has 2 rings (SSSR count). The third-order valence-corrected chi connectivity index (χ3v) is 5.58. The van der Waals surface area contributed by atoms with Gasteiger partial charge < -0.3 is 25.7 Å². The van der Waals surface area contributed by atoms with E-state index in [1.54, 1.807) is 12.3 Å². The minimum absolute atomic E-state index is 0.277. The number of H-pyrrole nitrogens is 1. The number of nitrogens with two attached hydrogens (primary N) is 1. The molecule has 4 atom stereocenters. The minimum atomic E-state index is -1.19. The molecule has 1 fully saturated rings. The van der Waals surface area contributed by atoms with E-state index in [1.165, 1.54) is 18.1 Å². The topological polar surface area (TPSA) is 135 Å². The Balaban J connectivity index is 2.18. The molecule has 9 nitrogen and oxygen atoms in total. The van der Waals surface area contributed by atoms with E-state index in [0.29, 0.717) is 30.2 Å². The van der Waals surface area contributed by atoms with Crippen molar-refractivity contribution in [3.8, 4) is 0 Å². The molecule has 0 aliphatic carbocycles. The summed E-state index contributed by atoms with van der Waals surface area (Å²) >= 11 is 0. The van der Waals surface area contributed by atoms with Gasteiger partial charge in [-0.15, -0.1) is 0 Å². The predicted octanol–water partition coefficient (Wildman–Crippen LogP) is 0.466. The lowest BCUT2D eigenvalue weighted by Gasteiger charge is -2.30. The summed E-state index contributed by atoms with van der Waals surface area (Å²) < 4.78 is 5.15. The standard InChI is InChI=1S/C20H30N4O5/c1-11(2)12(3)5-6-14(23-19(27)13-7-8-22-9-13)20(28)24(4)16-15(25)10-29-17(16)18(21)26/h7-9,11-12,14,16-17,22H,5-6,10H2,1-4H3,(H2,21,26)(H,23,27). The third kappa shape index (κ3) is 5.44. The Hall–Kier alpha value is -2.68. The number of ether oxygens (including phenoxy) is 1. The number of carbonyl (C=O) groups excluding carboxylic acids is 4. The number of ketones is 1. The van der Waals surface area contributed by atoms with Crippen LogP contribution in [0, 0.1) is 11.8 Å². The van der Waals surface area contributed by atoms with Crippen molar-refractivity contribution in [2.75, 3.05) is 13.7 Å². The van der Waals surface area contributed by atoms with Crippen molar-refractivity contribution in [1.82, 2.24) is 15.2 Å². The number of nitrogens with zero attached hydrogens (tertiary/aromatic N) is 1. The Morgan fingerprint density at radius 1 is 1.31 bits per heavy atom. The normalized spacial score (nSPS) is 21.1. The van der Waals surface area contributed by atoms with Crippen molar-refractivity contribution in [1.29, 1.82) is 0 Å². The van der Waals surface area contributed by atoms with Gasteiger partial charge in [-0.25, -0.2) is 0 Å². The zero-order chi connectivity index (χ0) is 21.7. The average Bonchev–Trinajstić information content (AvgIpc) is 3.33. The number of amides is 3. The van der Waals surface area contributed by atoms with Gasteiger partial charge in [0.2, 0.25) is 11.8 Å². The number of hydrogen-bond acceptors (Lipinski definition) is 5. The Morgan fingerprint density at radius 3 is 2.55 bits per heavy atom. The molecule has 0 radical (unpaired) electrons. The van der Waals surface area contributed by atoms with Crippen molar-refractivity contribution in [2.24, 2.45) is 17.6 Å². The second-order valence-corrected chi connectivity index (χ2v) is 7.92. The maximum absolute atomic E-state index is 13.2. The summed E-state index contributed by atoms with van der Waals surface area (Å²) in [6.07, 6.45) is 3.08. The number of hydrogen-bond donors (Lipinski definition) is 3. The van der Waals surface area contributed by atoms with E-state index >= 15 is 0 Å². The first kappa shape index (κ1) is 22.6. The van der Waals surface area contributed by atoms with Gasteiger partial charge in [0, 0.05) is 19.4 Å². The molecule has 160 valence electrons. The van der Waals surface area contributed by atoms with E-state index in [4.69, 9.17) is 10.5 Å². The second kappa shape index (κ2) is 9.69. The molecule has 2 heterocycles. The van der Waals surface area contributed by atoms with E-state index < -0.39 is 41.7 Å². The number of rotatable bonds is 9. The molecule has 1 aromatic heterocycles. The van der Waals surface area contributed by atoms with E-state index in [-0.39, 0.29) is 6.61 Å². The number of likely N-dealkylation sites (N-methyl/N-ethyl adjacent to an activating group) is 1. The Bertz CT molecular complexity index is 746. The van der Waals surface area contributed by atoms with Crippen LogP contribution in [-0.4, -0.2) is 65.2 Å². The van der Waals surface area contributed by atoms with Crippen LogP contribution in [0.1, 0.15) is 44.0 Å². The molecule has 1 aromatic rings. The molecule has 1 aliphatic heterocycles. The monoisotopic (exact) mass is 406 g/mol. The molecular formula is C20H30N4O5. The predicted molar refractivity (Wildman–Crippen MR) is 106 cm³/mol. The number of aromatic nitrogens is 1. The van der Waals surface area contributed by atoms with Gasteiger partial charge in [0.05, 0.1) is 5.56 Å². The highest BCUT2D eigenvalue weighted by atomic mass is 16.5. The molecule has 29 heavy (non-hydrogen) atoms. The van der Waals surface area contributed by atoms with Crippen LogP contribution in [0.3, 0.4) is 0 Å². The van der Waals surface area contributed by atoms with Crippen LogP contribution in [0.25, 0.3) is 0 Å². The van der Waals surface area contributed by atoms with Crippen LogP contribution in [0.15, 0.2) is 18.5 Å².